The third-order valence-corrected chi connectivity index (χ3v) is 3.82. The quantitative estimate of drug-likeness (QED) is 0.914. The average Bonchev–Trinajstić information content (AvgIpc) is 2.25. The third kappa shape index (κ3) is 4.59. The van der Waals surface area contributed by atoms with Crippen LogP contribution < -0.4 is 4.72 Å². The molecule has 108 valence electrons. The van der Waals surface area contributed by atoms with Gasteiger partial charge in [0, 0.05) is 11.6 Å². The van der Waals surface area contributed by atoms with Gasteiger partial charge in [-0.05, 0) is 26.0 Å². The summed E-state index contributed by atoms with van der Waals surface area (Å²) in [5, 5.41) is 8.75. The second kappa shape index (κ2) is 5.54. The number of carbonyl (C=O) groups excluding carboxylic acids is 1. The Bertz CT molecular complexity index is 658. The van der Waals surface area contributed by atoms with E-state index in [4.69, 9.17) is 5.26 Å². The van der Waals surface area contributed by atoms with Crippen LogP contribution in [-0.4, -0.2) is 20.1 Å². The fraction of sp³-hybridized carbons (Fsp3) is 0.333. The molecule has 20 heavy (non-hydrogen) atoms. The first kappa shape index (κ1) is 16.0. The minimum atomic E-state index is -4.09. The largest absolute Gasteiger partial charge is 0.268 e. The topological polar surface area (TPSA) is 87.0 Å². The Morgan fingerprint density at radius 2 is 1.80 bits per heavy atom. The Hall–Kier alpha value is -2.01. The van der Waals surface area contributed by atoms with Gasteiger partial charge in [-0.3, -0.25) is 4.79 Å². The van der Waals surface area contributed by atoms with Gasteiger partial charge in [-0.15, -0.1) is 0 Å². The summed E-state index contributed by atoms with van der Waals surface area (Å²) in [6.07, 6.45) is 0. The number of nitriles is 1. The van der Waals surface area contributed by atoms with Gasteiger partial charge < -0.3 is 0 Å². The highest BCUT2D eigenvalue weighted by Gasteiger charge is 2.27. The van der Waals surface area contributed by atoms with E-state index < -0.39 is 44.3 Å². The molecule has 0 bridgehead atoms. The molecule has 0 spiro atoms. The van der Waals surface area contributed by atoms with Crippen molar-refractivity contribution in [2.45, 2.75) is 13.8 Å². The van der Waals surface area contributed by atoms with Gasteiger partial charge in [0.1, 0.15) is 11.6 Å². The lowest BCUT2D eigenvalue weighted by molar-refractivity contribution is 0.0980. The molecule has 0 unspecified atom stereocenters. The van der Waals surface area contributed by atoms with Gasteiger partial charge in [0.15, 0.2) is 0 Å². The molecule has 8 heteroatoms. The minimum absolute atomic E-state index is 0.458. The Morgan fingerprint density at radius 3 is 2.25 bits per heavy atom. The lowest BCUT2D eigenvalue weighted by Crippen LogP contribution is -2.37. The van der Waals surface area contributed by atoms with Gasteiger partial charge in [-0.2, -0.15) is 5.26 Å². The number of halogens is 2. The van der Waals surface area contributed by atoms with Gasteiger partial charge in [-0.25, -0.2) is 21.9 Å². The highest BCUT2D eigenvalue weighted by atomic mass is 32.2. The summed E-state index contributed by atoms with van der Waals surface area (Å²) in [5.41, 5.74) is -1.65. The molecule has 1 aromatic rings. The van der Waals surface area contributed by atoms with Gasteiger partial charge >= 0.3 is 0 Å². The normalized spacial score (nSPS) is 11.8. The van der Waals surface area contributed by atoms with Crippen molar-refractivity contribution >= 4 is 15.9 Å². The molecule has 5 nitrogen and oxygen atoms in total. The van der Waals surface area contributed by atoms with E-state index in [2.05, 4.69) is 0 Å². The lowest BCUT2D eigenvalue weighted by Gasteiger charge is -2.15. The maximum absolute atomic E-state index is 12.9. The highest BCUT2D eigenvalue weighted by molar-refractivity contribution is 7.90. The molecule has 1 N–H and O–H groups in total. The van der Waals surface area contributed by atoms with Crippen LogP contribution in [0.5, 0.6) is 0 Å². The molecule has 1 amide bonds. The van der Waals surface area contributed by atoms with E-state index in [-0.39, 0.29) is 0 Å². The first-order valence-corrected chi connectivity index (χ1v) is 7.12. The second-order valence-corrected chi connectivity index (χ2v) is 6.57. The van der Waals surface area contributed by atoms with E-state index in [1.165, 1.54) is 13.8 Å². The Labute approximate surface area is 115 Å². The smallest absolute Gasteiger partial charge is 0.264 e. The zero-order valence-electron chi connectivity index (χ0n) is 10.8. The molecule has 0 aromatic heterocycles. The van der Waals surface area contributed by atoms with Crippen LogP contribution >= 0.6 is 0 Å². The molecule has 1 aromatic carbocycles. The summed E-state index contributed by atoms with van der Waals surface area (Å²) in [6.45, 7) is 2.77. The van der Waals surface area contributed by atoms with E-state index in [9.17, 15) is 22.0 Å². The molecule has 0 aliphatic carbocycles. The summed E-state index contributed by atoms with van der Waals surface area (Å²) < 4.78 is 50.9. The number of amides is 1. The number of nitrogens with zero attached hydrogens (tertiary/aromatic N) is 1. The number of carbonyl (C=O) groups is 1. The minimum Gasteiger partial charge on any atom is -0.268 e. The molecule has 1 rings (SSSR count). The molecule has 0 fully saturated rings. The SMILES string of the molecule is CC(C)(C#N)CS(=O)(=O)NC(=O)c1cc(F)cc(F)c1. The lowest BCUT2D eigenvalue weighted by atomic mass is 10.00. The number of benzene rings is 1. The standard InChI is InChI=1S/C12H12F2N2O3S/c1-12(2,6-15)7-20(18,19)16-11(17)8-3-9(13)5-10(14)4-8/h3-5H,7H2,1-2H3,(H,16,17). The fourth-order valence-electron chi connectivity index (χ4n) is 1.43. The van der Waals surface area contributed by atoms with Crippen molar-refractivity contribution in [3.05, 3.63) is 35.4 Å². The van der Waals surface area contributed by atoms with Crippen LogP contribution in [0.4, 0.5) is 8.78 Å². The number of hydrogen-bond acceptors (Lipinski definition) is 4. The van der Waals surface area contributed by atoms with Crippen molar-refractivity contribution in [3.63, 3.8) is 0 Å². The first-order valence-electron chi connectivity index (χ1n) is 5.47. The van der Waals surface area contributed by atoms with Gasteiger partial charge in [0.25, 0.3) is 5.91 Å². The molecule has 0 radical (unpaired) electrons. The predicted octanol–water partition coefficient (Wildman–Crippen LogP) is 1.57. The summed E-state index contributed by atoms with van der Waals surface area (Å²) in [7, 11) is -4.09. The maximum atomic E-state index is 12.9. The van der Waals surface area contributed by atoms with Crippen LogP contribution in [0.3, 0.4) is 0 Å². The molecular formula is C12H12F2N2O3S. The number of nitrogens with one attached hydrogen (secondary N) is 1. The first-order chi connectivity index (χ1) is 9.04. The van der Waals surface area contributed by atoms with Crippen molar-refractivity contribution in [1.29, 1.82) is 5.26 Å². The van der Waals surface area contributed by atoms with E-state index in [0.717, 1.165) is 0 Å². The molecule has 0 aliphatic heterocycles. The fourth-order valence-corrected chi connectivity index (χ4v) is 2.92. The van der Waals surface area contributed by atoms with E-state index >= 15 is 0 Å². The van der Waals surface area contributed by atoms with Gasteiger partial charge in [-0.1, -0.05) is 0 Å². The van der Waals surface area contributed by atoms with Crippen LogP contribution in [0.2, 0.25) is 0 Å². The van der Waals surface area contributed by atoms with Crippen molar-refractivity contribution < 1.29 is 22.0 Å². The van der Waals surface area contributed by atoms with Crippen molar-refractivity contribution in [2.75, 3.05) is 5.75 Å². The van der Waals surface area contributed by atoms with Crippen LogP contribution in [0.1, 0.15) is 24.2 Å². The summed E-state index contributed by atoms with van der Waals surface area (Å²) in [6, 6.07) is 3.76. The van der Waals surface area contributed by atoms with Crippen molar-refractivity contribution in [3.8, 4) is 6.07 Å². The summed E-state index contributed by atoms with van der Waals surface area (Å²) in [4.78, 5) is 11.6. The van der Waals surface area contributed by atoms with E-state index in [0.29, 0.717) is 18.2 Å². The van der Waals surface area contributed by atoms with Crippen LogP contribution in [0, 0.1) is 28.4 Å². The Kier molecular flexibility index (Phi) is 4.45. The summed E-state index contributed by atoms with van der Waals surface area (Å²) in [5.74, 6) is -3.76. The summed E-state index contributed by atoms with van der Waals surface area (Å²) >= 11 is 0. The zero-order valence-corrected chi connectivity index (χ0v) is 11.6. The molecule has 0 atom stereocenters. The number of rotatable bonds is 4. The molecule has 0 saturated carbocycles. The number of hydrogen-bond donors (Lipinski definition) is 1. The molecule has 0 saturated heterocycles. The maximum Gasteiger partial charge on any atom is 0.264 e. The highest BCUT2D eigenvalue weighted by Crippen LogP contribution is 2.16. The predicted molar refractivity (Wildman–Crippen MR) is 67.0 cm³/mol. The molecule has 0 heterocycles. The molecular weight excluding hydrogens is 290 g/mol. The monoisotopic (exact) mass is 302 g/mol. The van der Waals surface area contributed by atoms with Crippen LogP contribution in [0.15, 0.2) is 18.2 Å². The second-order valence-electron chi connectivity index (χ2n) is 4.84. The average molecular weight is 302 g/mol. The van der Waals surface area contributed by atoms with Crippen molar-refractivity contribution in [2.24, 2.45) is 5.41 Å². The molecule has 0 aliphatic rings. The van der Waals surface area contributed by atoms with Gasteiger partial charge in [0.2, 0.25) is 10.0 Å². The van der Waals surface area contributed by atoms with Gasteiger partial charge in [0.05, 0.1) is 17.2 Å². The van der Waals surface area contributed by atoms with E-state index in [1.807, 2.05) is 0 Å². The zero-order chi connectivity index (χ0) is 15.6. The Balaban J connectivity index is 2.93. The van der Waals surface area contributed by atoms with Crippen molar-refractivity contribution in [1.82, 2.24) is 4.72 Å². The number of sulfonamides is 1. The van der Waals surface area contributed by atoms with Crippen LogP contribution in [-0.2, 0) is 10.0 Å². The van der Waals surface area contributed by atoms with Crippen LogP contribution in [0.25, 0.3) is 0 Å². The third-order valence-electron chi connectivity index (χ3n) is 2.23. The Morgan fingerprint density at radius 1 is 1.30 bits per heavy atom. The van der Waals surface area contributed by atoms with E-state index in [1.54, 1.807) is 10.8 Å².